The van der Waals surface area contributed by atoms with Crippen molar-refractivity contribution < 1.29 is 22.7 Å². The van der Waals surface area contributed by atoms with Crippen LogP contribution < -0.4 is 19.2 Å². The second kappa shape index (κ2) is 12.8. The minimum Gasteiger partial charge on any atom is -0.493 e. The lowest BCUT2D eigenvalue weighted by Crippen LogP contribution is -2.26. The average molecular weight is 623 g/mol. The molecular formula is C30H28BrN3O5S. The normalized spacial score (nSPS) is 11.3. The number of carbonyl (C=O) groups is 1. The highest BCUT2D eigenvalue weighted by Crippen LogP contribution is 2.37. The first-order valence-electron chi connectivity index (χ1n) is 12.2. The molecule has 8 nitrogen and oxygen atoms in total. The zero-order chi connectivity index (χ0) is 28.7. The van der Waals surface area contributed by atoms with Crippen LogP contribution in [0, 0.1) is 6.92 Å². The minimum atomic E-state index is -3.73. The zero-order valence-corrected chi connectivity index (χ0v) is 24.6. The molecule has 10 heteroatoms. The van der Waals surface area contributed by atoms with Gasteiger partial charge in [0.15, 0.2) is 11.5 Å². The number of nitrogens with one attached hydrogen (secondary N) is 1. The summed E-state index contributed by atoms with van der Waals surface area (Å²) in [5.41, 5.74) is 5.90. The van der Waals surface area contributed by atoms with Crippen LogP contribution in [0.5, 0.6) is 11.5 Å². The third-order valence-electron chi connectivity index (χ3n) is 6.03. The van der Waals surface area contributed by atoms with Gasteiger partial charge in [-0.1, -0.05) is 48.0 Å². The first-order valence-corrected chi connectivity index (χ1v) is 14.5. The van der Waals surface area contributed by atoms with Crippen LogP contribution >= 0.6 is 15.9 Å². The fourth-order valence-corrected chi connectivity index (χ4v) is 5.51. The monoisotopic (exact) mass is 621 g/mol. The van der Waals surface area contributed by atoms with Gasteiger partial charge in [-0.25, -0.2) is 13.8 Å². The fourth-order valence-electron chi connectivity index (χ4n) is 3.74. The number of hydrogen-bond acceptors (Lipinski definition) is 6. The van der Waals surface area contributed by atoms with Crippen LogP contribution in [0.1, 0.15) is 27.0 Å². The van der Waals surface area contributed by atoms with Crippen LogP contribution in [0.15, 0.2) is 105 Å². The Hall–Kier alpha value is -4.15. The van der Waals surface area contributed by atoms with Gasteiger partial charge >= 0.3 is 0 Å². The summed E-state index contributed by atoms with van der Waals surface area (Å²) in [5, 5.41) is 4.05. The lowest BCUT2D eigenvalue weighted by Gasteiger charge is -2.19. The highest BCUT2D eigenvalue weighted by Gasteiger charge is 2.21. The molecule has 0 aliphatic rings. The number of benzene rings is 4. The molecule has 0 heterocycles. The Morgan fingerprint density at radius 2 is 1.68 bits per heavy atom. The number of ether oxygens (including phenoxy) is 2. The highest BCUT2D eigenvalue weighted by atomic mass is 79.9. The van der Waals surface area contributed by atoms with Gasteiger partial charge in [0.05, 0.1) is 28.4 Å². The van der Waals surface area contributed by atoms with Gasteiger partial charge in [0.2, 0.25) is 0 Å². The van der Waals surface area contributed by atoms with Crippen LogP contribution in [0.2, 0.25) is 0 Å². The molecule has 0 bridgehead atoms. The number of rotatable bonds is 10. The first-order chi connectivity index (χ1) is 19.2. The molecule has 206 valence electrons. The van der Waals surface area contributed by atoms with E-state index in [2.05, 4.69) is 26.5 Å². The Morgan fingerprint density at radius 1 is 1.00 bits per heavy atom. The molecule has 0 aromatic heterocycles. The second-order valence-corrected chi connectivity index (χ2v) is 11.7. The van der Waals surface area contributed by atoms with E-state index >= 15 is 0 Å². The van der Waals surface area contributed by atoms with Crippen LogP contribution in [-0.2, 0) is 16.6 Å². The van der Waals surface area contributed by atoms with Crippen LogP contribution in [0.4, 0.5) is 5.69 Å². The largest absolute Gasteiger partial charge is 0.493 e. The standard InChI is InChI=1S/C30H28BrN3O5S/c1-21-9-15-26(16-10-21)40(36,37)34(2)25-13-11-24(12-14-25)30(35)33-32-19-23-17-27(31)29(28(18-23)38-3)39-20-22-7-5-4-6-8-22/h4-19H,20H2,1-3H3,(H,33,35)/b32-19-. The molecule has 0 spiro atoms. The molecule has 0 atom stereocenters. The van der Waals surface area contributed by atoms with Gasteiger partial charge in [0.25, 0.3) is 15.9 Å². The predicted octanol–water partition coefficient (Wildman–Crippen LogP) is 5.93. The SMILES string of the molecule is COc1cc(/C=N\NC(=O)c2ccc(N(C)S(=O)(=O)c3ccc(C)cc3)cc2)cc(Br)c1OCc1ccccc1. The van der Waals surface area contributed by atoms with Crippen molar-refractivity contribution in [3.8, 4) is 11.5 Å². The highest BCUT2D eigenvalue weighted by molar-refractivity contribution is 9.10. The summed E-state index contributed by atoms with van der Waals surface area (Å²) in [5.74, 6) is 0.626. The third kappa shape index (κ3) is 6.88. The molecule has 1 amide bonds. The molecule has 0 aliphatic carbocycles. The van der Waals surface area contributed by atoms with Gasteiger partial charge < -0.3 is 9.47 Å². The summed E-state index contributed by atoms with van der Waals surface area (Å²) in [7, 11) is -0.711. The van der Waals surface area contributed by atoms with Crippen molar-refractivity contribution in [2.24, 2.45) is 5.10 Å². The molecular weight excluding hydrogens is 594 g/mol. The molecule has 0 fully saturated rings. The number of aryl methyl sites for hydroxylation is 1. The molecule has 4 aromatic carbocycles. The van der Waals surface area contributed by atoms with Gasteiger partial charge in [-0.15, -0.1) is 0 Å². The van der Waals surface area contributed by atoms with Crippen molar-refractivity contribution in [2.75, 3.05) is 18.5 Å². The fraction of sp³-hybridized carbons (Fsp3) is 0.133. The van der Waals surface area contributed by atoms with E-state index in [0.29, 0.717) is 39.4 Å². The predicted molar refractivity (Wildman–Crippen MR) is 160 cm³/mol. The number of nitrogens with zero attached hydrogens (tertiary/aromatic N) is 2. The molecule has 0 saturated carbocycles. The van der Waals surface area contributed by atoms with Crippen LogP contribution in [0.3, 0.4) is 0 Å². The molecule has 4 rings (SSSR count). The van der Waals surface area contributed by atoms with Crippen molar-refractivity contribution in [2.45, 2.75) is 18.4 Å². The summed E-state index contributed by atoms with van der Waals surface area (Å²) in [6, 6.07) is 26.2. The Labute approximate surface area is 242 Å². The Kier molecular flexibility index (Phi) is 9.23. The van der Waals surface area contributed by atoms with Gasteiger partial charge in [-0.3, -0.25) is 9.10 Å². The summed E-state index contributed by atoms with van der Waals surface area (Å²) in [4.78, 5) is 12.8. The number of hydrogen-bond donors (Lipinski definition) is 1. The number of anilines is 1. The van der Waals surface area contributed by atoms with E-state index in [-0.39, 0.29) is 4.90 Å². The van der Waals surface area contributed by atoms with E-state index in [4.69, 9.17) is 9.47 Å². The van der Waals surface area contributed by atoms with E-state index in [1.54, 1.807) is 67.8 Å². The molecule has 40 heavy (non-hydrogen) atoms. The summed E-state index contributed by atoms with van der Waals surface area (Å²) in [6.07, 6.45) is 1.49. The van der Waals surface area contributed by atoms with Crippen molar-refractivity contribution in [1.82, 2.24) is 5.43 Å². The number of carbonyl (C=O) groups excluding carboxylic acids is 1. The third-order valence-corrected chi connectivity index (χ3v) is 8.42. The number of hydrazone groups is 1. The van der Waals surface area contributed by atoms with Crippen molar-refractivity contribution in [1.29, 1.82) is 0 Å². The quantitative estimate of drug-likeness (QED) is 0.175. The van der Waals surface area contributed by atoms with E-state index in [0.717, 1.165) is 11.1 Å². The van der Waals surface area contributed by atoms with Gasteiger partial charge in [-0.05, 0) is 82.5 Å². The zero-order valence-electron chi connectivity index (χ0n) is 22.2. The second-order valence-electron chi connectivity index (χ2n) is 8.84. The molecule has 4 aromatic rings. The molecule has 0 unspecified atom stereocenters. The number of methoxy groups -OCH3 is 1. The molecule has 0 radical (unpaired) electrons. The average Bonchev–Trinajstić information content (AvgIpc) is 2.96. The maximum Gasteiger partial charge on any atom is 0.271 e. The Morgan fingerprint density at radius 3 is 2.33 bits per heavy atom. The van der Waals surface area contributed by atoms with Crippen LogP contribution in [-0.4, -0.2) is 34.7 Å². The number of sulfonamides is 1. The van der Waals surface area contributed by atoms with Crippen LogP contribution in [0.25, 0.3) is 0 Å². The Balaban J connectivity index is 1.39. The Bertz CT molecular complexity index is 1610. The van der Waals surface area contributed by atoms with E-state index in [1.807, 2.05) is 37.3 Å². The van der Waals surface area contributed by atoms with Crippen molar-refractivity contribution in [3.63, 3.8) is 0 Å². The summed E-state index contributed by atoms with van der Waals surface area (Å²) >= 11 is 3.52. The molecule has 1 N–H and O–H groups in total. The lowest BCUT2D eigenvalue weighted by molar-refractivity contribution is 0.0955. The van der Waals surface area contributed by atoms with Gasteiger partial charge in [0.1, 0.15) is 6.61 Å². The summed E-state index contributed by atoms with van der Waals surface area (Å²) in [6.45, 7) is 2.27. The molecule has 0 saturated heterocycles. The van der Waals surface area contributed by atoms with Gasteiger partial charge in [0, 0.05) is 12.6 Å². The van der Waals surface area contributed by atoms with E-state index in [9.17, 15) is 13.2 Å². The molecule has 0 aliphatic heterocycles. The minimum absolute atomic E-state index is 0.191. The lowest BCUT2D eigenvalue weighted by atomic mass is 10.2. The van der Waals surface area contributed by atoms with Gasteiger partial charge in [-0.2, -0.15) is 5.10 Å². The van der Waals surface area contributed by atoms with E-state index < -0.39 is 15.9 Å². The number of amides is 1. The summed E-state index contributed by atoms with van der Waals surface area (Å²) < 4.78 is 39.2. The maximum atomic E-state index is 12.9. The first kappa shape index (κ1) is 28.8. The van der Waals surface area contributed by atoms with E-state index in [1.165, 1.54) is 17.6 Å². The topological polar surface area (TPSA) is 97.3 Å². The smallest absolute Gasteiger partial charge is 0.271 e. The van der Waals surface area contributed by atoms with Crippen molar-refractivity contribution >= 4 is 43.8 Å². The maximum absolute atomic E-state index is 12.9. The van der Waals surface area contributed by atoms with Crippen molar-refractivity contribution in [3.05, 3.63) is 118 Å². The number of halogens is 1.